The fourth-order valence-corrected chi connectivity index (χ4v) is 5.10. The molecule has 2 aliphatic heterocycles. The summed E-state index contributed by atoms with van der Waals surface area (Å²) in [6.45, 7) is 5.60. The van der Waals surface area contributed by atoms with Gasteiger partial charge in [-0.15, -0.1) is 0 Å². The minimum absolute atomic E-state index is 0.0331. The molecule has 0 aliphatic carbocycles. The van der Waals surface area contributed by atoms with E-state index in [1.54, 1.807) is 33.0 Å². The Morgan fingerprint density at radius 1 is 1.13 bits per heavy atom. The van der Waals surface area contributed by atoms with Crippen LogP contribution in [0.5, 0.6) is 0 Å². The Morgan fingerprint density at radius 3 is 2.54 bits per heavy atom. The van der Waals surface area contributed by atoms with Crippen LogP contribution in [0.1, 0.15) is 55.1 Å². The molecule has 12 nitrogen and oxygen atoms in total. The van der Waals surface area contributed by atoms with Gasteiger partial charge in [0, 0.05) is 12.7 Å². The van der Waals surface area contributed by atoms with E-state index >= 15 is 0 Å². The number of aromatic nitrogens is 5. The molecule has 1 atom stereocenters. The SMILES string of the molecule is CC(C)(C)OC(=O)N1Cc2nc(N)nc(N3CC[C@H]3c3nn4ccc(Cl)c4c(=O)n3-c3ccccc3)c2C1=O. The summed E-state index contributed by atoms with van der Waals surface area (Å²) in [6, 6.07) is 10.3. The normalized spacial score (nSPS) is 16.9. The molecule has 0 radical (unpaired) electrons. The highest BCUT2D eigenvalue weighted by atomic mass is 35.5. The number of carbonyl (C=O) groups excluding carboxylic acids is 2. The lowest BCUT2D eigenvalue weighted by Crippen LogP contribution is -2.46. The second-order valence-electron chi connectivity index (χ2n) is 10.4. The van der Waals surface area contributed by atoms with Gasteiger partial charge in [0.1, 0.15) is 22.5 Å². The van der Waals surface area contributed by atoms with Crippen molar-refractivity contribution < 1.29 is 14.3 Å². The first-order chi connectivity index (χ1) is 18.5. The van der Waals surface area contributed by atoms with Crippen LogP contribution in [0.15, 0.2) is 47.4 Å². The third-order valence-electron chi connectivity index (χ3n) is 6.63. The highest BCUT2D eigenvalue weighted by Crippen LogP contribution is 2.41. The molecule has 13 heteroatoms. The van der Waals surface area contributed by atoms with Gasteiger partial charge in [-0.25, -0.2) is 19.2 Å². The van der Waals surface area contributed by atoms with Crippen LogP contribution in [-0.4, -0.2) is 53.2 Å². The monoisotopic (exact) mass is 548 g/mol. The minimum Gasteiger partial charge on any atom is -0.443 e. The van der Waals surface area contributed by atoms with Crippen molar-refractivity contribution in [3.63, 3.8) is 0 Å². The highest BCUT2D eigenvalue weighted by Gasteiger charge is 2.44. The van der Waals surface area contributed by atoms with Crippen LogP contribution < -0.4 is 16.2 Å². The second-order valence-corrected chi connectivity index (χ2v) is 10.8. The number of nitrogen functional groups attached to an aromatic ring is 1. The number of benzene rings is 1. The van der Waals surface area contributed by atoms with Gasteiger partial charge in [-0.3, -0.25) is 14.2 Å². The number of nitrogens with two attached hydrogens (primary N) is 1. The molecule has 4 aromatic rings. The van der Waals surface area contributed by atoms with Crippen LogP contribution in [0.25, 0.3) is 11.2 Å². The van der Waals surface area contributed by atoms with E-state index in [1.807, 2.05) is 35.2 Å². The summed E-state index contributed by atoms with van der Waals surface area (Å²) in [5, 5.41) is 5.05. The van der Waals surface area contributed by atoms with Gasteiger partial charge in [0.25, 0.3) is 11.5 Å². The Kier molecular flexibility index (Phi) is 5.61. The lowest BCUT2D eigenvalue weighted by molar-refractivity contribution is 0.0247. The zero-order chi connectivity index (χ0) is 27.6. The molecule has 3 aromatic heterocycles. The van der Waals surface area contributed by atoms with Crippen LogP contribution in [0.4, 0.5) is 16.6 Å². The Bertz CT molecular complexity index is 1710. The van der Waals surface area contributed by atoms with Crippen LogP contribution in [0.3, 0.4) is 0 Å². The van der Waals surface area contributed by atoms with Gasteiger partial charge in [-0.2, -0.15) is 10.1 Å². The fraction of sp³-hybridized carbons (Fsp3) is 0.308. The number of carbonyl (C=O) groups is 2. The molecule has 1 aromatic carbocycles. The number of rotatable bonds is 3. The number of anilines is 2. The van der Waals surface area contributed by atoms with E-state index in [4.69, 9.17) is 27.2 Å². The van der Waals surface area contributed by atoms with E-state index in [9.17, 15) is 14.4 Å². The molecule has 2 amide bonds. The van der Waals surface area contributed by atoms with Crippen molar-refractivity contribution in [3.05, 3.63) is 75.1 Å². The summed E-state index contributed by atoms with van der Waals surface area (Å²) in [6.07, 6.45) is 1.48. The van der Waals surface area contributed by atoms with Gasteiger partial charge >= 0.3 is 6.09 Å². The first kappa shape index (κ1) is 24.9. The van der Waals surface area contributed by atoms with E-state index in [2.05, 4.69) is 9.97 Å². The predicted molar refractivity (Wildman–Crippen MR) is 143 cm³/mol. The Hall–Kier alpha value is -4.45. The van der Waals surface area contributed by atoms with Crippen molar-refractivity contribution in [1.29, 1.82) is 0 Å². The lowest BCUT2D eigenvalue weighted by Gasteiger charge is -2.42. The number of hydrogen-bond donors (Lipinski definition) is 1. The quantitative estimate of drug-likeness (QED) is 0.408. The maximum Gasteiger partial charge on any atom is 0.417 e. The van der Waals surface area contributed by atoms with Gasteiger partial charge in [-0.1, -0.05) is 29.8 Å². The summed E-state index contributed by atoms with van der Waals surface area (Å²) < 4.78 is 8.40. The van der Waals surface area contributed by atoms with Crippen molar-refractivity contribution in [1.82, 2.24) is 29.0 Å². The summed E-state index contributed by atoms with van der Waals surface area (Å²) in [4.78, 5) is 51.4. The molecule has 2 N–H and O–H groups in total. The third-order valence-corrected chi connectivity index (χ3v) is 6.93. The molecule has 2 aliphatic rings. The van der Waals surface area contributed by atoms with Crippen molar-refractivity contribution >= 4 is 40.9 Å². The maximum atomic E-state index is 13.7. The molecule has 0 saturated carbocycles. The van der Waals surface area contributed by atoms with Crippen LogP contribution in [-0.2, 0) is 11.3 Å². The summed E-state index contributed by atoms with van der Waals surface area (Å²) in [7, 11) is 0. The number of imide groups is 1. The van der Waals surface area contributed by atoms with Gasteiger partial charge < -0.3 is 15.4 Å². The van der Waals surface area contributed by atoms with Crippen LogP contribution in [0.2, 0.25) is 5.02 Å². The number of hydrogen-bond acceptors (Lipinski definition) is 9. The summed E-state index contributed by atoms with van der Waals surface area (Å²) in [5.74, 6) is 0.122. The zero-order valence-electron chi connectivity index (χ0n) is 21.5. The molecule has 39 heavy (non-hydrogen) atoms. The second kappa shape index (κ2) is 8.80. The average molecular weight is 549 g/mol. The highest BCUT2D eigenvalue weighted by molar-refractivity contribution is 6.33. The molecule has 1 saturated heterocycles. The topological polar surface area (TPSA) is 141 Å². The first-order valence-corrected chi connectivity index (χ1v) is 12.7. The van der Waals surface area contributed by atoms with E-state index < -0.39 is 23.6 Å². The lowest BCUT2D eigenvalue weighted by atomic mass is 10.0. The number of amides is 2. The molecule has 6 rings (SSSR count). The van der Waals surface area contributed by atoms with Gasteiger partial charge in [-0.05, 0) is 45.4 Å². The molecular weight excluding hydrogens is 524 g/mol. The largest absolute Gasteiger partial charge is 0.443 e. The Morgan fingerprint density at radius 2 is 1.87 bits per heavy atom. The molecule has 0 spiro atoms. The molecule has 200 valence electrons. The molecule has 0 unspecified atom stereocenters. The van der Waals surface area contributed by atoms with E-state index in [-0.39, 0.29) is 35.0 Å². The van der Waals surface area contributed by atoms with E-state index in [1.165, 1.54) is 9.08 Å². The number of halogens is 1. The Labute approximate surface area is 227 Å². The summed E-state index contributed by atoms with van der Waals surface area (Å²) >= 11 is 6.32. The number of para-hydroxylation sites is 1. The van der Waals surface area contributed by atoms with Crippen molar-refractivity contribution in [2.75, 3.05) is 17.2 Å². The maximum absolute atomic E-state index is 13.7. The number of fused-ring (bicyclic) bond motifs is 2. The van der Waals surface area contributed by atoms with Crippen molar-refractivity contribution in [2.24, 2.45) is 0 Å². The van der Waals surface area contributed by atoms with Gasteiger partial charge in [0.2, 0.25) is 5.95 Å². The molecule has 1 fully saturated rings. The standard InChI is InChI=1S/C26H25ClN8O4/c1-26(2,3)39-25(38)33-13-16-18(22(33)36)21(30-24(28)29-16)32-11-10-17(32)20-31-34-12-9-15(27)19(34)23(37)35(20)14-7-5-4-6-8-14/h4-9,12,17H,10-11,13H2,1-3H3,(H2,28,29,30)/t17-/m0/s1. The van der Waals surface area contributed by atoms with E-state index in [0.29, 0.717) is 35.2 Å². The predicted octanol–water partition coefficient (Wildman–Crippen LogP) is 3.35. The minimum atomic E-state index is -0.783. The fourth-order valence-electron chi connectivity index (χ4n) is 4.87. The Balaban J connectivity index is 1.45. The van der Waals surface area contributed by atoms with Crippen molar-refractivity contribution in [2.45, 2.75) is 45.4 Å². The van der Waals surface area contributed by atoms with E-state index in [0.717, 1.165) is 4.90 Å². The third kappa shape index (κ3) is 4.07. The van der Waals surface area contributed by atoms with Gasteiger partial charge in [0.15, 0.2) is 5.82 Å². The first-order valence-electron chi connectivity index (χ1n) is 12.4. The number of ether oxygens (including phenoxy) is 1. The molecular formula is C26H25ClN8O4. The molecule has 0 bridgehead atoms. The molecule has 5 heterocycles. The summed E-state index contributed by atoms with van der Waals surface area (Å²) in [5.41, 5.74) is 6.32. The smallest absolute Gasteiger partial charge is 0.417 e. The van der Waals surface area contributed by atoms with Crippen molar-refractivity contribution in [3.8, 4) is 5.69 Å². The zero-order valence-corrected chi connectivity index (χ0v) is 22.2. The van der Waals surface area contributed by atoms with Gasteiger partial charge in [0.05, 0.1) is 29.0 Å². The average Bonchev–Trinajstić information content (AvgIpc) is 3.37. The number of nitrogens with zero attached hydrogens (tertiary/aromatic N) is 7. The van der Waals surface area contributed by atoms with Crippen LogP contribution in [0, 0.1) is 0 Å². The van der Waals surface area contributed by atoms with Crippen LogP contribution >= 0.6 is 11.6 Å².